The van der Waals surface area contributed by atoms with E-state index in [0.717, 1.165) is 13.0 Å². The third-order valence-corrected chi connectivity index (χ3v) is 7.11. The number of hydrogen-bond donors (Lipinski definition) is 2. The molecule has 4 rings (SSSR count). The highest BCUT2D eigenvalue weighted by atomic mass is 35.5. The fourth-order valence-electron chi connectivity index (χ4n) is 3.98. The topological polar surface area (TPSA) is 115 Å². The second-order valence-corrected chi connectivity index (χ2v) is 12.1. The number of ether oxygens (including phenoxy) is 1. The molecular formula is C24H28ClFN5O5PS. The van der Waals surface area contributed by atoms with Gasteiger partial charge in [0.1, 0.15) is 22.3 Å². The Hall–Kier alpha value is -2.92. The van der Waals surface area contributed by atoms with Crippen LogP contribution in [0.2, 0.25) is 5.02 Å². The Morgan fingerprint density at radius 1 is 1.13 bits per heavy atom. The second-order valence-electron chi connectivity index (χ2n) is 8.97. The Kier molecular flexibility index (Phi) is 8.46. The van der Waals surface area contributed by atoms with E-state index in [1.54, 1.807) is 7.11 Å². The number of halogens is 2. The van der Waals surface area contributed by atoms with Crippen LogP contribution in [0.15, 0.2) is 36.5 Å². The van der Waals surface area contributed by atoms with Gasteiger partial charge in [0.15, 0.2) is 5.82 Å². The van der Waals surface area contributed by atoms with Crippen LogP contribution in [-0.4, -0.2) is 56.8 Å². The van der Waals surface area contributed by atoms with E-state index < -0.39 is 18.7 Å². The first kappa shape index (κ1) is 28.1. The molecule has 2 N–H and O–H groups in total. The molecule has 3 aromatic rings. The molecule has 1 aliphatic rings. The molecule has 0 spiro atoms. The Labute approximate surface area is 227 Å². The molecule has 0 saturated carbocycles. The molecule has 0 amide bonds. The highest BCUT2D eigenvalue weighted by molar-refractivity contribution is 7.81. The average Bonchev–Trinajstić information content (AvgIpc) is 2.82. The fraction of sp³-hybridized carbons (Fsp3) is 0.333. The number of fused-ring (bicyclic) bond motifs is 1. The van der Waals surface area contributed by atoms with Crippen LogP contribution in [0.1, 0.15) is 18.1 Å². The number of likely N-dealkylation sites (N-methyl/N-ethyl adjacent to an activating group) is 1. The molecule has 1 aliphatic heterocycles. The van der Waals surface area contributed by atoms with Crippen molar-refractivity contribution in [1.29, 1.82) is 0 Å². The highest BCUT2D eigenvalue weighted by Gasteiger charge is 2.22. The number of nitrogens with zero attached hydrogens (tertiary/aromatic N) is 3. The lowest BCUT2D eigenvalue weighted by atomic mass is 9.94. The van der Waals surface area contributed by atoms with E-state index in [9.17, 15) is 12.3 Å². The van der Waals surface area contributed by atoms with E-state index in [1.807, 2.05) is 25.5 Å². The maximum absolute atomic E-state index is 13.1. The first-order valence-electron chi connectivity index (χ1n) is 11.5. The van der Waals surface area contributed by atoms with Crippen molar-refractivity contribution in [1.82, 2.24) is 14.9 Å². The molecule has 0 bridgehead atoms. The minimum atomic E-state index is -5.21. The molecule has 0 fully saturated rings. The Bertz CT molecular complexity index is 1450. The largest absolute Gasteiger partial charge is 0.495 e. The van der Waals surface area contributed by atoms with Crippen molar-refractivity contribution < 1.29 is 25.7 Å². The lowest BCUT2D eigenvalue weighted by Gasteiger charge is -2.32. The zero-order valence-electron chi connectivity index (χ0n) is 21.4. The number of aromatic nitrogens is 2. The normalized spacial score (nSPS) is 15.6. The van der Waals surface area contributed by atoms with Crippen molar-refractivity contribution in [3.8, 4) is 17.2 Å². The molecule has 204 valence electrons. The number of benzene rings is 2. The van der Waals surface area contributed by atoms with Gasteiger partial charge in [-0.3, -0.25) is 4.90 Å². The SMILES string of the molecule is COc1cc2c(cc1Nc1ncc(Cl)c(Nc3cc(OS(=O)(=O)F)ccc3OP(C)C)n1)CN(C)C(C)C2. The van der Waals surface area contributed by atoms with Crippen molar-refractivity contribution in [2.45, 2.75) is 25.9 Å². The van der Waals surface area contributed by atoms with Crippen LogP contribution in [0.5, 0.6) is 17.2 Å². The van der Waals surface area contributed by atoms with Gasteiger partial charge in [0, 0.05) is 18.7 Å². The first-order valence-corrected chi connectivity index (χ1v) is 15.4. The Morgan fingerprint density at radius 2 is 1.87 bits per heavy atom. The summed E-state index contributed by atoms with van der Waals surface area (Å²) in [5, 5.41) is 6.40. The van der Waals surface area contributed by atoms with Gasteiger partial charge in [-0.1, -0.05) is 15.5 Å². The van der Waals surface area contributed by atoms with Crippen molar-refractivity contribution in [3.63, 3.8) is 0 Å². The summed E-state index contributed by atoms with van der Waals surface area (Å²) in [4.78, 5) is 11.1. The van der Waals surface area contributed by atoms with E-state index >= 15 is 0 Å². The lowest BCUT2D eigenvalue weighted by Crippen LogP contribution is -2.35. The predicted octanol–water partition coefficient (Wildman–Crippen LogP) is 5.63. The summed E-state index contributed by atoms with van der Waals surface area (Å²) in [5.41, 5.74) is 3.38. The lowest BCUT2D eigenvalue weighted by molar-refractivity contribution is 0.231. The molecule has 14 heteroatoms. The summed E-state index contributed by atoms with van der Waals surface area (Å²) in [5.74, 6) is 1.23. The van der Waals surface area contributed by atoms with Crippen LogP contribution < -0.4 is 24.1 Å². The van der Waals surface area contributed by atoms with Gasteiger partial charge in [-0.25, -0.2) is 4.98 Å². The van der Waals surface area contributed by atoms with Crippen LogP contribution in [0.3, 0.4) is 0 Å². The number of rotatable bonds is 9. The van der Waals surface area contributed by atoms with Crippen molar-refractivity contribution in [2.24, 2.45) is 0 Å². The molecule has 0 saturated heterocycles. The summed E-state index contributed by atoms with van der Waals surface area (Å²) in [6.45, 7) is 6.77. The van der Waals surface area contributed by atoms with Crippen molar-refractivity contribution in [3.05, 3.63) is 52.7 Å². The molecule has 2 heterocycles. The maximum Gasteiger partial charge on any atom is 0.488 e. The number of methoxy groups -OCH3 is 1. The number of anilines is 4. The maximum atomic E-state index is 13.1. The number of hydrogen-bond acceptors (Lipinski definition) is 10. The molecule has 38 heavy (non-hydrogen) atoms. The quantitative estimate of drug-likeness (QED) is 0.242. The first-order chi connectivity index (χ1) is 17.9. The highest BCUT2D eigenvalue weighted by Crippen LogP contribution is 2.40. The van der Waals surface area contributed by atoms with Crippen molar-refractivity contribution in [2.75, 3.05) is 38.1 Å². The van der Waals surface area contributed by atoms with Gasteiger partial charge in [-0.2, -0.15) is 13.4 Å². The molecule has 1 atom stereocenters. The average molecular weight is 584 g/mol. The van der Waals surface area contributed by atoms with Crippen LogP contribution in [-0.2, 0) is 23.5 Å². The van der Waals surface area contributed by atoms with E-state index in [-0.39, 0.29) is 28.2 Å². The van der Waals surface area contributed by atoms with Gasteiger partial charge >= 0.3 is 10.5 Å². The van der Waals surface area contributed by atoms with Gasteiger partial charge in [0.05, 0.1) is 32.8 Å². The summed E-state index contributed by atoms with van der Waals surface area (Å²) < 4.78 is 50.9. The van der Waals surface area contributed by atoms with E-state index in [2.05, 4.69) is 43.7 Å². The minimum absolute atomic E-state index is 0.189. The smallest absolute Gasteiger partial charge is 0.488 e. The zero-order chi connectivity index (χ0) is 27.6. The Balaban J connectivity index is 1.65. The third kappa shape index (κ3) is 6.93. The fourth-order valence-corrected chi connectivity index (χ4v) is 5.01. The predicted molar refractivity (Wildman–Crippen MR) is 148 cm³/mol. The van der Waals surface area contributed by atoms with E-state index in [4.69, 9.17) is 20.9 Å². The monoisotopic (exact) mass is 583 g/mol. The van der Waals surface area contributed by atoms with Crippen molar-refractivity contribution >= 4 is 53.4 Å². The molecule has 2 aromatic carbocycles. The standard InChI is InChI=1S/C24H28ClFN5O5PS/c1-14-8-15-10-22(34-3)19(9-16(15)13-31(14)2)29-24-27-12-18(25)23(30-24)28-20-11-17(36-38(26,32)33)6-7-21(20)35-37(4)5/h6-7,9-12,14H,8,13H2,1-5H3,(H2,27,28,29,30). The van der Waals surface area contributed by atoms with Crippen LogP contribution in [0, 0.1) is 0 Å². The Morgan fingerprint density at radius 3 is 2.55 bits per heavy atom. The molecular weight excluding hydrogens is 556 g/mol. The summed E-state index contributed by atoms with van der Waals surface area (Å²) >= 11 is 6.37. The van der Waals surface area contributed by atoms with Crippen LogP contribution in [0.4, 0.5) is 27.0 Å². The zero-order valence-corrected chi connectivity index (χ0v) is 23.9. The van der Waals surface area contributed by atoms with Crippen LogP contribution >= 0.6 is 19.7 Å². The molecule has 1 aromatic heterocycles. The third-order valence-electron chi connectivity index (χ3n) is 5.88. The summed E-state index contributed by atoms with van der Waals surface area (Å²) in [6.07, 6.45) is 2.33. The minimum Gasteiger partial charge on any atom is -0.495 e. The van der Waals surface area contributed by atoms with Gasteiger partial charge < -0.3 is 24.1 Å². The molecule has 10 nitrogen and oxygen atoms in total. The number of nitrogens with one attached hydrogen (secondary N) is 2. The van der Waals surface area contributed by atoms with E-state index in [0.29, 0.717) is 23.2 Å². The van der Waals surface area contributed by atoms with Gasteiger partial charge in [-0.05, 0) is 69.1 Å². The molecule has 1 unspecified atom stereocenters. The summed E-state index contributed by atoms with van der Waals surface area (Å²) in [6, 6.07) is 8.51. The summed E-state index contributed by atoms with van der Waals surface area (Å²) in [7, 11) is -2.36. The molecule has 0 radical (unpaired) electrons. The van der Waals surface area contributed by atoms with Crippen LogP contribution in [0.25, 0.3) is 0 Å². The molecule has 0 aliphatic carbocycles. The van der Waals surface area contributed by atoms with E-state index in [1.165, 1.54) is 35.5 Å². The van der Waals surface area contributed by atoms with Gasteiger partial charge in [-0.15, -0.1) is 0 Å². The second kappa shape index (κ2) is 11.4. The van der Waals surface area contributed by atoms with Gasteiger partial charge in [0.2, 0.25) is 5.95 Å². The van der Waals surface area contributed by atoms with Gasteiger partial charge in [0.25, 0.3) is 0 Å².